The minimum atomic E-state index is -0.0583. The molecule has 0 unspecified atom stereocenters. The van der Waals surface area contributed by atoms with E-state index in [0.717, 1.165) is 42.3 Å². The molecule has 7 aromatic carbocycles. The smallest absolute Gasteiger partial charge is 0.0714 e. The van der Waals surface area contributed by atoms with Crippen molar-refractivity contribution < 1.29 is 0 Å². The van der Waals surface area contributed by atoms with E-state index in [4.69, 9.17) is 4.98 Å². The highest BCUT2D eigenvalue weighted by Gasteiger charge is 2.41. The molecule has 0 radical (unpaired) electrons. The maximum Gasteiger partial charge on any atom is 0.0714 e. The summed E-state index contributed by atoms with van der Waals surface area (Å²) in [5.74, 6) is 0. The summed E-state index contributed by atoms with van der Waals surface area (Å²) in [5.41, 5.74) is 18.4. The predicted octanol–water partition coefficient (Wildman–Crippen LogP) is 15.9. The molecule has 2 nitrogen and oxygen atoms in total. The van der Waals surface area contributed by atoms with Crippen LogP contribution in [0, 0.1) is 0 Å². The Morgan fingerprint density at radius 3 is 1.92 bits per heavy atom. The molecule has 0 spiro atoms. The Bertz CT molecular complexity index is 2930. The van der Waals surface area contributed by atoms with Crippen LogP contribution in [-0.4, -0.2) is 4.98 Å². The summed E-state index contributed by atoms with van der Waals surface area (Å²) in [7, 11) is 0. The first-order valence-electron chi connectivity index (χ1n) is 21.5. The third-order valence-corrected chi connectivity index (χ3v) is 12.8. The maximum absolute atomic E-state index is 4.93. The first-order chi connectivity index (χ1) is 29.6. The van der Waals surface area contributed by atoms with E-state index < -0.39 is 0 Å². The van der Waals surface area contributed by atoms with Crippen molar-refractivity contribution in [2.45, 2.75) is 44.9 Å². The van der Waals surface area contributed by atoms with E-state index >= 15 is 0 Å². The summed E-state index contributed by atoms with van der Waals surface area (Å²) in [6.45, 7) is 4.72. The SMILES string of the molecule is CCC1(CC)c2cc(/C=C/c3ccc(-c4cc(-c5ccccc5)ccc4-c4cc5ccccc5cn4)cc3)ccc2-c2ccc(N(C3=CCCC=C3)c3ccccc3)cc21. The average molecular weight is 773 g/mol. The number of para-hydroxylation sites is 1. The molecule has 2 heteroatoms. The van der Waals surface area contributed by atoms with Gasteiger partial charge < -0.3 is 4.90 Å². The van der Waals surface area contributed by atoms with Crippen molar-refractivity contribution in [1.82, 2.24) is 4.98 Å². The Kier molecular flexibility index (Phi) is 9.91. The number of pyridine rings is 1. The van der Waals surface area contributed by atoms with Crippen molar-refractivity contribution >= 4 is 34.3 Å². The van der Waals surface area contributed by atoms with Crippen molar-refractivity contribution in [2.75, 3.05) is 4.90 Å². The lowest BCUT2D eigenvalue weighted by Crippen LogP contribution is -2.24. The largest absolute Gasteiger partial charge is 0.311 e. The van der Waals surface area contributed by atoms with Gasteiger partial charge in [0.25, 0.3) is 0 Å². The van der Waals surface area contributed by atoms with Gasteiger partial charge in [-0.25, -0.2) is 0 Å². The molecule has 0 N–H and O–H groups in total. The maximum atomic E-state index is 4.93. The number of allylic oxidation sites excluding steroid dienone is 3. The monoisotopic (exact) mass is 772 g/mol. The van der Waals surface area contributed by atoms with Crippen LogP contribution in [-0.2, 0) is 5.41 Å². The van der Waals surface area contributed by atoms with Crippen LogP contribution in [0.1, 0.15) is 61.8 Å². The van der Waals surface area contributed by atoms with E-state index in [1.165, 1.54) is 78.1 Å². The fourth-order valence-corrected chi connectivity index (χ4v) is 9.56. The van der Waals surface area contributed by atoms with E-state index in [0.29, 0.717) is 0 Å². The third-order valence-electron chi connectivity index (χ3n) is 12.8. The molecular formula is C58H48N2. The standard InChI is InChI=1S/C58H48N2/c1-3-58(4-2)55-36-42(28-33-51(55)52-35-32-50(39-56(52)58)60(48-20-10-6-11-21-48)49-22-12-7-13-23-49)25-24-41-26-29-44(30-27-41)54-37-46(43-16-8-5-9-17-43)31-34-53(54)57-38-45-18-14-15-19-47(45)40-59-57/h5-6,8-12,14-40H,3-4,7,13H2,1-2H3/b25-24+. The molecule has 0 atom stereocenters. The number of nitrogens with zero attached hydrogens (tertiary/aromatic N) is 2. The minimum absolute atomic E-state index is 0.0583. The number of hydrogen-bond acceptors (Lipinski definition) is 2. The Hall–Kier alpha value is -7.03. The molecule has 10 rings (SSSR count). The number of rotatable bonds is 10. The zero-order chi connectivity index (χ0) is 40.5. The van der Waals surface area contributed by atoms with Gasteiger partial charge in [0.15, 0.2) is 0 Å². The molecule has 1 aromatic heterocycles. The molecule has 290 valence electrons. The molecule has 60 heavy (non-hydrogen) atoms. The molecule has 0 saturated heterocycles. The highest BCUT2D eigenvalue weighted by molar-refractivity contribution is 5.91. The molecule has 2 aliphatic carbocycles. The van der Waals surface area contributed by atoms with E-state index in [1.807, 2.05) is 6.20 Å². The van der Waals surface area contributed by atoms with Gasteiger partial charge in [-0.2, -0.15) is 0 Å². The number of benzene rings is 7. The van der Waals surface area contributed by atoms with Crippen LogP contribution in [0.4, 0.5) is 11.4 Å². The third kappa shape index (κ3) is 6.78. The van der Waals surface area contributed by atoms with Crippen LogP contribution >= 0.6 is 0 Å². The zero-order valence-corrected chi connectivity index (χ0v) is 34.4. The quantitative estimate of drug-likeness (QED) is 0.129. The van der Waals surface area contributed by atoms with Gasteiger partial charge in [0, 0.05) is 39.6 Å². The van der Waals surface area contributed by atoms with Crippen LogP contribution < -0.4 is 4.90 Å². The summed E-state index contributed by atoms with van der Waals surface area (Å²) in [4.78, 5) is 7.36. The van der Waals surface area contributed by atoms with E-state index in [-0.39, 0.29) is 5.41 Å². The molecular weight excluding hydrogens is 725 g/mol. The minimum Gasteiger partial charge on any atom is -0.311 e. The predicted molar refractivity (Wildman–Crippen MR) is 255 cm³/mol. The van der Waals surface area contributed by atoms with E-state index in [9.17, 15) is 0 Å². The molecule has 8 aromatic rings. The van der Waals surface area contributed by atoms with Crippen LogP contribution in [0.25, 0.3) is 67.6 Å². The zero-order valence-electron chi connectivity index (χ0n) is 34.4. The van der Waals surface area contributed by atoms with Gasteiger partial charge in [-0.3, -0.25) is 4.98 Å². The first-order valence-corrected chi connectivity index (χ1v) is 21.5. The number of aromatic nitrogens is 1. The second kappa shape index (κ2) is 16.0. The molecule has 0 bridgehead atoms. The summed E-state index contributed by atoms with van der Waals surface area (Å²) in [6, 6.07) is 62.1. The van der Waals surface area contributed by atoms with Gasteiger partial charge in [-0.05, 0) is 129 Å². The Balaban J connectivity index is 0.966. The summed E-state index contributed by atoms with van der Waals surface area (Å²) >= 11 is 0. The normalized spacial score (nSPS) is 13.9. The first kappa shape index (κ1) is 37.3. The number of fused-ring (bicyclic) bond motifs is 4. The molecule has 0 amide bonds. The van der Waals surface area contributed by atoms with Crippen LogP contribution in [0.2, 0.25) is 0 Å². The highest BCUT2D eigenvalue weighted by atomic mass is 15.1. The lowest BCUT2D eigenvalue weighted by atomic mass is 9.73. The fraction of sp³-hybridized carbons (Fsp3) is 0.121. The molecule has 0 saturated carbocycles. The number of hydrogen-bond donors (Lipinski definition) is 0. The second-order valence-electron chi connectivity index (χ2n) is 16.1. The topological polar surface area (TPSA) is 16.1 Å². The number of anilines is 2. The fourth-order valence-electron chi connectivity index (χ4n) is 9.56. The van der Waals surface area contributed by atoms with E-state index in [2.05, 4.69) is 219 Å². The van der Waals surface area contributed by atoms with Crippen LogP contribution in [0.5, 0.6) is 0 Å². The van der Waals surface area contributed by atoms with Crippen LogP contribution in [0.3, 0.4) is 0 Å². The van der Waals surface area contributed by atoms with Crippen molar-refractivity contribution in [2.24, 2.45) is 0 Å². The molecule has 0 aliphatic heterocycles. The Morgan fingerprint density at radius 1 is 0.517 bits per heavy atom. The average Bonchev–Trinajstić information content (AvgIpc) is 3.60. The van der Waals surface area contributed by atoms with Crippen LogP contribution in [0.15, 0.2) is 200 Å². The van der Waals surface area contributed by atoms with Crippen molar-refractivity contribution in [3.05, 3.63) is 222 Å². The van der Waals surface area contributed by atoms with Gasteiger partial charge in [-0.15, -0.1) is 0 Å². The highest BCUT2D eigenvalue weighted by Crippen LogP contribution is 2.54. The van der Waals surface area contributed by atoms with Gasteiger partial charge in [0.2, 0.25) is 0 Å². The summed E-state index contributed by atoms with van der Waals surface area (Å²) in [5, 5.41) is 2.34. The van der Waals surface area contributed by atoms with Crippen molar-refractivity contribution in [3.63, 3.8) is 0 Å². The summed E-state index contributed by atoms with van der Waals surface area (Å²) < 4.78 is 0. The van der Waals surface area contributed by atoms with Gasteiger partial charge >= 0.3 is 0 Å². The summed E-state index contributed by atoms with van der Waals surface area (Å²) in [6.07, 6.45) is 17.7. The van der Waals surface area contributed by atoms with Crippen molar-refractivity contribution in [3.8, 4) is 44.6 Å². The van der Waals surface area contributed by atoms with Gasteiger partial charge in [0.1, 0.15) is 0 Å². The lowest BCUT2D eigenvalue weighted by Gasteiger charge is -2.32. The van der Waals surface area contributed by atoms with Gasteiger partial charge in [0.05, 0.1) is 5.69 Å². The Morgan fingerprint density at radius 2 is 1.17 bits per heavy atom. The molecule has 1 heterocycles. The Labute approximate surface area is 354 Å². The second-order valence-corrected chi connectivity index (χ2v) is 16.1. The molecule has 2 aliphatic rings. The van der Waals surface area contributed by atoms with Gasteiger partial charge in [-0.1, -0.05) is 172 Å². The van der Waals surface area contributed by atoms with E-state index in [1.54, 1.807) is 0 Å². The molecule has 0 fully saturated rings. The van der Waals surface area contributed by atoms with Crippen molar-refractivity contribution in [1.29, 1.82) is 0 Å². The lowest BCUT2D eigenvalue weighted by molar-refractivity contribution is 0.490.